The molecular weight excluding hydrogens is 132 g/mol. The van der Waals surface area contributed by atoms with Gasteiger partial charge >= 0.3 is 0 Å². The van der Waals surface area contributed by atoms with Gasteiger partial charge in [-0.05, 0) is 0 Å². The Bertz CT molecular complexity index is 246. The van der Waals surface area contributed by atoms with Crippen LogP contribution in [0.1, 0.15) is 0 Å². The van der Waals surface area contributed by atoms with Gasteiger partial charge in [0.1, 0.15) is 5.76 Å². The highest BCUT2D eigenvalue weighted by atomic mass is 16.7. The fourth-order valence-electron chi connectivity index (χ4n) is 0.830. The Morgan fingerprint density at radius 2 is 2.40 bits per heavy atom. The summed E-state index contributed by atoms with van der Waals surface area (Å²) >= 11 is 0. The van der Waals surface area contributed by atoms with Crippen LogP contribution in [-0.4, -0.2) is 11.9 Å². The van der Waals surface area contributed by atoms with Crippen LogP contribution in [0.3, 0.4) is 0 Å². The first-order valence-electron chi connectivity index (χ1n) is 2.86. The number of fused-ring (bicyclic) bond motifs is 1. The van der Waals surface area contributed by atoms with Gasteiger partial charge in [0.05, 0.1) is 0 Å². The molecular formula is C7H5O3. The van der Waals surface area contributed by atoms with Gasteiger partial charge < -0.3 is 14.6 Å². The van der Waals surface area contributed by atoms with E-state index >= 15 is 0 Å². The number of aliphatic hydroxyl groups excluding tert-OH is 1. The van der Waals surface area contributed by atoms with E-state index in [-0.39, 0.29) is 12.6 Å². The monoisotopic (exact) mass is 137 g/mol. The molecule has 10 heavy (non-hydrogen) atoms. The maximum absolute atomic E-state index is 8.91. The van der Waals surface area contributed by atoms with Crippen molar-refractivity contribution in [3.05, 3.63) is 35.5 Å². The van der Waals surface area contributed by atoms with E-state index in [1.165, 1.54) is 6.08 Å². The van der Waals surface area contributed by atoms with E-state index in [1.54, 1.807) is 6.08 Å². The van der Waals surface area contributed by atoms with Crippen LogP contribution in [0.2, 0.25) is 0 Å². The van der Waals surface area contributed by atoms with Crippen LogP contribution < -0.4 is 0 Å². The fourth-order valence-corrected chi connectivity index (χ4v) is 0.830. The quantitative estimate of drug-likeness (QED) is 0.506. The van der Waals surface area contributed by atoms with Crippen LogP contribution in [0.4, 0.5) is 0 Å². The Morgan fingerprint density at radius 1 is 1.50 bits per heavy atom. The van der Waals surface area contributed by atoms with E-state index in [1.807, 2.05) is 0 Å². The molecule has 0 amide bonds. The molecule has 1 saturated heterocycles. The second-order valence-corrected chi connectivity index (χ2v) is 1.95. The minimum absolute atomic E-state index is 0.0734. The molecule has 2 rings (SSSR count). The van der Waals surface area contributed by atoms with Gasteiger partial charge in [-0.2, -0.15) is 0 Å². The molecule has 3 heteroatoms. The molecule has 2 aliphatic rings. The minimum atomic E-state index is 0.0734. The third-order valence-corrected chi connectivity index (χ3v) is 1.29. The molecule has 1 heterocycles. The summed E-state index contributed by atoms with van der Waals surface area (Å²) in [5.74, 6) is 0.653. The molecule has 0 atom stereocenters. The van der Waals surface area contributed by atoms with Crippen molar-refractivity contribution >= 4 is 0 Å². The molecule has 1 fully saturated rings. The highest BCUT2D eigenvalue weighted by Gasteiger charge is 2.24. The topological polar surface area (TPSA) is 38.7 Å². The van der Waals surface area contributed by atoms with Gasteiger partial charge in [-0.25, -0.2) is 0 Å². The van der Waals surface area contributed by atoms with Gasteiger partial charge in [-0.15, -0.1) is 0 Å². The average Bonchev–Trinajstić information content (AvgIpc) is 2.33. The molecule has 0 aromatic carbocycles. The zero-order valence-corrected chi connectivity index (χ0v) is 5.13. The summed E-state index contributed by atoms with van der Waals surface area (Å²) in [6.45, 7) is 0.229. The largest absolute Gasteiger partial charge is 0.501 e. The summed E-state index contributed by atoms with van der Waals surface area (Å²) < 4.78 is 9.97. The Morgan fingerprint density at radius 3 is 3.30 bits per heavy atom. The maximum Gasteiger partial charge on any atom is 0.195 e. The molecule has 3 nitrogen and oxygen atoms in total. The molecule has 0 aromatic rings. The van der Waals surface area contributed by atoms with E-state index in [2.05, 4.69) is 5.73 Å². The van der Waals surface area contributed by atoms with Crippen molar-refractivity contribution in [2.45, 2.75) is 0 Å². The van der Waals surface area contributed by atoms with Crippen molar-refractivity contribution in [2.24, 2.45) is 0 Å². The van der Waals surface area contributed by atoms with Gasteiger partial charge in [0, 0.05) is 12.2 Å². The van der Waals surface area contributed by atoms with E-state index in [9.17, 15) is 0 Å². The van der Waals surface area contributed by atoms with Gasteiger partial charge in [-0.1, -0.05) is 5.73 Å². The van der Waals surface area contributed by atoms with Crippen LogP contribution in [0.5, 0.6) is 0 Å². The Kier molecular flexibility index (Phi) is 1.07. The van der Waals surface area contributed by atoms with E-state index in [0.717, 1.165) is 0 Å². The zero-order valence-electron chi connectivity index (χ0n) is 5.13. The molecule has 51 valence electrons. The SMILES string of the molecule is OC1=C=C[C]2OCOC2=C1. The molecule has 0 aromatic heterocycles. The normalized spacial score (nSPS) is 23.2. The van der Waals surface area contributed by atoms with E-state index in [4.69, 9.17) is 14.6 Å². The van der Waals surface area contributed by atoms with Gasteiger partial charge in [0.15, 0.2) is 18.7 Å². The first kappa shape index (κ1) is 5.59. The standard InChI is InChI=1S/C7H5O3/c8-5-1-2-6-7(3-5)10-4-9-6/h2-3,8H,4H2. The van der Waals surface area contributed by atoms with Crippen molar-refractivity contribution in [1.29, 1.82) is 0 Å². The average molecular weight is 137 g/mol. The fraction of sp³-hybridized carbons (Fsp3) is 0.143. The zero-order chi connectivity index (χ0) is 6.97. The van der Waals surface area contributed by atoms with Crippen molar-refractivity contribution < 1.29 is 14.6 Å². The molecule has 1 aliphatic heterocycles. The van der Waals surface area contributed by atoms with Gasteiger partial charge in [0.2, 0.25) is 0 Å². The number of rotatable bonds is 0. The summed E-state index contributed by atoms with van der Waals surface area (Å²) in [4.78, 5) is 0. The summed E-state index contributed by atoms with van der Waals surface area (Å²) in [6, 6.07) is 0. The molecule has 0 saturated carbocycles. The summed E-state index contributed by atoms with van der Waals surface area (Å²) in [5, 5.41) is 8.91. The van der Waals surface area contributed by atoms with Crippen molar-refractivity contribution in [1.82, 2.24) is 0 Å². The molecule has 1 N–H and O–H groups in total. The molecule has 0 bridgehead atoms. The third kappa shape index (κ3) is 0.727. The van der Waals surface area contributed by atoms with Crippen molar-refractivity contribution in [3.63, 3.8) is 0 Å². The second-order valence-electron chi connectivity index (χ2n) is 1.95. The van der Waals surface area contributed by atoms with E-state index < -0.39 is 0 Å². The lowest BCUT2D eigenvalue weighted by atomic mass is 10.2. The predicted molar refractivity (Wildman–Crippen MR) is 32.6 cm³/mol. The van der Waals surface area contributed by atoms with Crippen LogP contribution in [0, 0.1) is 6.10 Å². The predicted octanol–water partition coefficient (Wildman–Crippen LogP) is 1.02. The summed E-state index contributed by atoms with van der Waals surface area (Å²) in [5.41, 5.74) is 2.58. The Balaban J connectivity index is 2.38. The highest BCUT2D eigenvalue weighted by molar-refractivity contribution is 5.34. The Hall–Kier alpha value is -1.18. The number of ether oxygens (including phenoxy) is 2. The lowest BCUT2D eigenvalue weighted by molar-refractivity contribution is 0.0870. The summed E-state index contributed by atoms with van der Waals surface area (Å²) in [6.07, 6.45) is 3.66. The molecule has 1 aliphatic carbocycles. The van der Waals surface area contributed by atoms with Crippen LogP contribution in [0.25, 0.3) is 0 Å². The molecule has 0 spiro atoms. The molecule has 1 radical (unpaired) electrons. The smallest absolute Gasteiger partial charge is 0.195 e. The number of hydrogen-bond acceptors (Lipinski definition) is 3. The third-order valence-electron chi connectivity index (χ3n) is 1.29. The van der Waals surface area contributed by atoms with Gasteiger partial charge in [0.25, 0.3) is 0 Å². The first-order chi connectivity index (χ1) is 4.86. The first-order valence-corrected chi connectivity index (χ1v) is 2.86. The number of aliphatic hydroxyl groups is 1. The van der Waals surface area contributed by atoms with Crippen LogP contribution in [0.15, 0.2) is 29.4 Å². The van der Waals surface area contributed by atoms with Gasteiger partial charge in [-0.3, -0.25) is 0 Å². The Labute approximate surface area is 57.9 Å². The lowest BCUT2D eigenvalue weighted by Gasteiger charge is -2.02. The lowest BCUT2D eigenvalue weighted by Crippen LogP contribution is -1.95. The second kappa shape index (κ2) is 1.90. The molecule has 0 unspecified atom stereocenters. The van der Waals surface area contributed by atoms with Crippen molar-refractivity contribution in [2.75, 3.05) is 6.79 Å². The van der Waals surface area contributed by atoms with Crippen molar-refractivity contribution in [3.8, 4) is 0 Å². The highest BCUT2D eigenvalue weighted by Crippen LogP contribution is 2.27. The maximum atomic E-state index is 8.91. The van der Waals surface area contributed by atoms with Crippen LogP contribution in [-0.2, 0) is 9.47 Å². The minimum Gasteiger partial charge on any atom is -0.501 e. The summed E-state index contributed by atoms with van der Waals surface area (Å²) in [7, 11) is 0. The van der Waals surface area contributed by atoms with E-state index in [0.29, 0.717) is 11.9 Å². The van der Waals surface area contributed by atoms with Crippen LogP contribution >= 0.6 is 0 Å². The number of hydrogen-bond donors (Lipinski definition) is 1.